The number of hydrogen-bond donors (Lipinski definition) is 1. The van der Waals surface area contributed by atoms with Crippen molar-refractivity contribution < 1.29 is 0 Å². The van der Waals surface area contributed by atoms with Crippen molar-refractivity contribution in [1.82, 2.24) is 4.98 Å². The molecule has 0 atom stereocenters. The van der Waals surface area contributed by atoms with Crippen LogP contribution in [0.1, 0.15) is 6.92 Å². The van der Waals surface area contributed by atoms with Crippen LogP contribution in [0.5, 0.6) is 0 Å². The molecule has 0 aliphatic carbocycles. The maximum absolute atomic E-state index is 5.62. The van der Waals surface area contributed by atoms with Crippen molar-refractivity contribution >= 4 is 38.4 Å². The zero-order valence-corrected chi connectivity index (χ0v) is 8.91. The van der Waals surface area contributed by atoms with Gasteiger partial charge in [0.2, 0.25) is 0 Å². The Kier molecular flexibility index (Phi) is 2.42. The van der Waals surface area contributed by atoms with Gasteiger partial charge in [0, 0.05) is 4.90 Å². The van der Waals surface area contributed by atoms with Crippen LogP contribution >= 0.6 is 23.1 Å². The standard InChI is InChI=1S/C9H10N2S2/c1-2-12-6-3-4-7-8(5-6)13-9(10)11-7/h3-5H,2H2,1H3,(H2,10,11). The normalized spacial score (nSPS) is 10.8. The third kappa shape index (κ3) is 1.78. The van der Waals surface area contributed by atoms with Crippen LogP contribution in [0.25, 0.3) is 10.2 Å². The fourth-order valence-electron chi connectivity index (χ4n) is 1.18. The molecular weight excluding hydrogens is 200 g/mol. The lowest BCUT2D eigenvalue weighted by Gasteiger charge is -1.96. The van der Waals surface area contributed by atoms with Crippen molar-refractivity contribution in [2.45, 2.75) is 11.8 Å². The van der Waals surface area contributed by atoms with Crippen LogP contribution in [0.2, 0.25) is 0 Å². The lowest BCUT2D eigenvalue weighted by atomic mass is 10.3. The van der Waals surface area contributed by atoms with Gasteiger partial charge in [0.15, 0.2) is 5.13 Å². The van der Waals surface area contributed by atoms with Crippen LogP contribution in [-0.4, -0.2) is 10.7 Å². The van der Waals surface area contributed by atoms with Crippen LogP contribution < -0.4 is 5.73 Å². The van der Waals surface area contributed by atoms with Gasteiger partial charge in [0.25, 0.3) is 0 Å². The lowest BCUT2D eigenvalue weighted by molar-refractivity contribution is 1.44. The number of fused-ring (bicyclic) bond motifs is 1. The maximum atomic E-state index is 5.62. The highest BCUT2D eigenvalue weighted by Crippen LogP contribution is 2.28. The number of nitrogen functional groups attached to an aromatic ring is 1. The zero-order valence-electron chi connectivity index (χ0n) is 7.28. The number of rotatable bonds is 2. The van der Waals surface area contributed by atoms with Crippen LogP contribution in [0.4, 0.5) is 5.13 Å². The summed E-state index contributed by atoms with van der Waals surface area (Å²) in [6.07, 6.45) is 0. The van der Waals surface area contributed by atoms with E-state index >= 15 is 0 Å². The molecule has 0 saturated carbocycles. The van der Waals surface area contributed by atoms with Crippen molar-refractivity contribution in [3.63, 3.8) is 0 Å². The minimum absolute atomic E-state index is 0.647. The third-order valence-electron chi connectivity index (χ3n) is 1.69. The van der Waals surface area contributed by atoms with Crippen LogP contribution in [0.15, 0.2) is 23.1 Å². The number of nitrogens with two attached hydrogens (primary N) is 1. The van der Waals surface area contributed by atoms with E-state index in [4.69, 9.17) is 5.73 Å². The molecule has 0 aliphatic heterocycles. The molecule has 0 aliphatic rings. The Morgan fingerprint density at radius 3 is 3.15 bits per heavy atom. The summed E-state index contributed by atoms with van der Waals surface area (Å²) < 4.78 is 1.18. The van der Waals surface area contributed by atoms with E-state index in [9.17, 15) is 0 Å². The maximum Gasteiger partial charge on any atom is 0.181 e. The molecule has 0 amide bonds. The van der Waals surface area contributed by atoms with Crippen LogP contribution in [0, 0.1) is 0 Å². The number of hydrogen-bond acceptors (Lipinski definition) is 4. The fourth-order valence-corrected chi connectivity index (χ4v) is 2.73. The summed E-state index contributed by atoms with van der Waals surface area (Å²) in [5.41, 5.74) is 6.62. The molecule has 0 unspecified atom stereocenters. The van der Waals surface area contributed by atoms with Gasteiger partial charge < -0.3 is 5.73 Å². The Morgan fingerprint density at radius 2 is 2.38 bits per heavy atom. The molecule has 0 bridgehead atoms. The second-order valence-electron chi connectivity index (χ2n) is 2.61. The summed E-state index contributed by atoms with van der Waals surface area (Å²) in [4.78, 5) is 5.49. The molecule has 2 N–H and O–H groups in total. The van der Waals surface area contributed by atoms with Gasteiger partial charge in [-0.2, -0.15) is 0 Å². The number of benzene rings is 1. The average molecular weight is 210 g/mol. The highest BCUT2D eigenvalue weighted by Gasteiger charge is 2.01. The Balaban J connectivity index is 2.48. The van der Waals surface area contributed by atoms with Gasteiger partial charge in [0.05, 0.1) is 10.2 Å². The number of anilines is 1. The number of thioether (sulfide) groups is 1. The van der Waals surface area contributed by atoms with E-state index in [2.05, 4.69) is 24.0 Å². The Morgan fingerprint density at radius 1 is 1.54 bits per heavy atom. The fraction of sp³-hybridized carbons (Fsp3) is 0.222. The summed E-state index contributed by atoms with van der Waals surface area (Å²) in [6.45, 7) is 2.15. The van der Waals surface area contributed by atoms with E-state index in [1.807, 2.05) is 17.8 Å². The minimum atomic E-state index is 0.647. The molecule has 4 heteroatoms. The smallest absolute Gasteiger partial charge is 0.181 e. The summed E-state index contributed by atoms with van der Waals surface area (Å²) >= 11 is 3.38. The van der Waals surface area contributed by atoms with Gasteiger partial charge in [0.1, 0.15) is 0 Å². The van der Waals surface area contributed by atoms with E-state index in [1.54, 1.807) is 11.3 Å². The molecule has 2 aromatic rings. The molecule has 2 rings (SSSR count). The van der Waals surface area contributed by atoms with E-state index < -0.39 is 0 Å². The first-order valence-electron chi connectivity index (χ1n) is 4.08. The quantitative estimate of drug-likeness (QED) is 0.774. The number of aromatic nitrogens is 1. The topological polar surface area (TPSA) is 38.9 Å². The molecular formula is C9H10N2S2. The first kappa shape index (κ1) is 8.84. The van der Waals surface area contributed by atoms with Gasteiger partial charge >= 0.3 is 0 Å². The van der Waals surface area contributed by atoms with Gasteiger partial charge in [-0.25, -0.2) is 4.98 Å². The first-order chi connectivity index (χ1) is 6.29. The molecule has 0 saturated heterocycles. The largest absolute Gasteiger partial charge is 0.375 e. The second kappa shape index (κ2) is 3.55. The zero-order chi connectivity index (χ0) is 9.26. The summed E-state index contributed by atoms with van der Waals surface area (Å²) in [7, 11) is 0. The van der Waals surface area contributed by atoms with Gasteiger partial charge in [-0.15, -0.1) is 11.8 Å². The first-order valence-corrected chi connectivity index (χ1v) is 5.88. The van der Waals surface area contributed by atoms with Crippen LogP contribution in [0.3, 0.4) is 0 Å². The summed E-state index contributed by atoms with van der Waals surface area (Å²) in [6, 6.07) is 6.27. The summed E-state index contributed by atoms with van der Waals surface area (Å²) in [5, 5.41) is 0.647. The molecule has 13 heavy (non-hydrogen) atoms. The van der Waals surface area contributed by atoms with Crippen molar-refractivity contribution in [2.24, 2.45) is 0 Å². The molecule has 1 aromatic heterocycles. The van der Waals surface area contributed by atoms with Crippen LogP contribution in [-0.2, 0) is 0 Å². The van der Waals surface area contributed by atoms with Gasteiger partial charge in [-0.3, -0.25) is 0 Å². The van der Waals surface area contributed by atoms with Crippen molar-refractivity contribution in [3.8, 4) is 0 Å². The predicted molar refractivity (Wildman–Crippen MR) is 60.4 cm³/mol. The molecule has 1 aromatic carbocycles. The van der Waals surface area contributed by atoms with E-state index in [0.717, 1.165) is 11.3 Å². The monoisotopic (exact) mass is 210 g/mol. The summed E-state index contributed by atoms with van der Waals surface area (Å²) in [5.74, 6) is 1.10. The van der Waals surface area contributed by atoms with E-state index in [1.165, 1.54) is 9.60 Å². The SMILES string of the molecule is CCSc1ccc2nc(N)sc2c1. The molecule has 0 radical (unpaired) electrons. The molecule has 68 valence electrons. The highest BCUT2D eigenvalue weighted by atomic mass is 32.2. The van der Waals surface area contributed by atoms with E-state index in [-0.39, 0.29) is 0 Å². The number of thiazole rings is 1. The predicted octanol–water partition coefficient (Wildman–Crippen LogP) is 2.99. The number of nitrogens with zero attached hydrogens (tertiary/aromatic N) is 1. The average Bonchev–Trinajstić information content (AvgIpc) is 2.44. The van der Waals surface area contributed by atoms with Crippen molar-refractivity contribution in [1.29, 1.82) is 0 Å². The Bertz CT molecular complexity index is 422. The van der Waals surface area contributed by atoms with E-state index in [0.29, 0.717) is 5.13 Å². The molecule has 2 nitrogen and oxygen atoms in total. The highest BCUT2D eigenvalue weighted by molar-refractivity contribution is 7.99. The second-order valence-corrected chi connectivity index (χ2v) is 5.01. The molecule has 1 heterocycles. The van der Waals surface area contributed by atoms with Crippen molar-refractivity contribution in [2.75, 3.05) is 11.5 Å². The third-order valence-corrected chi connectivity index (χ3v) is 3.41. The Labute approximate surface area is 85.2 Å². The van der Waals surface area contributed by atoms with Gasteiger partial charge in [-0.1, -0.05) is 18.3 Å². The molecule has 0 fully saturated rings. The van der Waals surface area contributed by atoms with Crippen molar-refractivity contribution in [3.05, 3.63) is 18.2 Å². The molecule has 0 spiro atoms. The van der Waals surface area contributed by atoms with Gasteiger partial charge in [-0.05, 0) is 24.0 Å². The lowest BCUT2D eigenvalue weighted by Crippen LogP contribution is -1.78. The Hall–Kier alpha value is -0.740. The minimum Gasteiger partial charge on any atom is -0.375 e.